The molecule has 0 saturated carbocycles. The third kappa shape index (κ3) is 3.15. The maximum atomic E-state index is 12.6. The van der Waals surface area contributed by atoms with Crippen LogP contribution in [0.5, 0.6) is 0 Å². The number of halogens is 1. The number of carbonyl (C=O) groups excluding carboxylic acids is 1. The van der Waals surface area contributed by atoms with E-state index in [0.29, 0.717) is 12.1 Å². The van der Waals surface area contributed by atoms with Crippen molar-refractivity contribution >= 4 is 18.3 Å². The molecular weight excluding hydrogens is 300 g/mol. The van der Waals surface area contributed by atoms with Crippen molar-refractivity contribution in [1.82, 2.24) is 14.7 Å². The van der Waals surface area contributed by atoms with E-state index in [1.807, 2.05) is 41.4 Å². The predicted octanol–water partition coefficient (Wildman–Crippen LogP) is 2.11. The summed E-state index contributed by atoms with van der Waals surface area (Å²) in [6.07, 6.45) is 4.56. The summed E-state index contributed by atoms with van der Waals surface area (Å²) in [6, 6.07) is 9.43. The fourth-order valence-electron chi connectivity index (χ4n) is 2.75. The van der Waals surface area contributed by atoms with E-state index in [4.69, 9.17) is 5.73 Å². The second-order valence-corrected chi connectivity index (χ2v) is 5.99. The molecule has 1 saturated heterocycles. The number of hydrogen-bond donors (Lipinski definition) is 1. The van der Waals surface area contributed by atoms with Gasteiger partial charge in [0.05, 0.1) is 5.69 Å². The third-order valence-corrected chi connectivity index (χ3v) is 4.20. The average molecular weight is 321 g/mol. The molecule has 0 bridgehead atoms. The van der Waals surface area contributed by atoms with Gasteiger partial charge in [0.1, 0.15) is 0 Å². The summed E-state index contributed by atoms with van der Waals surface area (Å²) < 4.78 is 1.75. The Balaban J connectivity index is 0.00000176. The third-order valence-electron chi connectivity index (χ3n) is 4.20. The van der Waals surface area contributed by atoms with E-state index in [-0.39, 0.29) is 23.7 Å². The minimum absolute atomic E-state index is 0. The Morgan fingerprint density at radius 2 is 2.23 bits per heavy atom. The molecule has 5 nitrogen and oxygen atoms in total. The molecule has 1 aliphatic heterocycles. The molecule has 1 fully saturated rings. The summed E-state index contributed by atoms with van der Waals surface area (Å²) in [7, 11) is 0. The monoisotopic (exact) mass is 320 g/mol. The van der Waals surface area contributed by atoms with E-state index in [0.717, 1.165) is 25.2 Å². The van der Waals surface area contributed by atoms with Crippen LogP contribution in [0, 0.1) is 5.41 Å². The molecule has 2 aromatic rings. The predicted molar refractivity (Wildman–Crippen MR) is 88.5 cm³/mol. The van der Waals surface area contributed by atoms with Crippen molar-refractivity contribution in [3.05, 3.63) is 48.3 Å². The Morgan fingerprint density at radius 3 is 2.86 bits per heavy atom. The number of nitrogens with two attached hydrogens (primary N) is 1. The van der Waals surface area contributed by atoms with Crippen LogP contribution in [0.25, 0.3) is 5.69 Å². The lowest BCUT2D eigenvalue weighted by Gasteiger charge is -2.22. The Morgan fingerprint density at radius 1 is 1.41 bits per heavy atom. The van der Waals surface area contributed by atoms with Crippen LogP contribution >= 0.6 is 12.4 Å². The standard InChI is InChI=1S/C16H20N4O.ClH/c1-16(11-17)6-9-19(12-16)15(21)13-4-2-5-14(10-13)20-8-3-7-18-20;/h2-5,7-8,10H,6,9,11-12,17H2,1H3;1H. The highest BCUT2D eigenvalue weighted by Gasteiger charge is 2.35. The van der Waals surface area contributed by atoms with Crippen molar-refractivity contribution in [2.75, 3.05) is 19.6 Å². The smallest absolute Gasteiger partial charge is 0.253 e. The van der Waals surface area contributed by atoms with Gasteiger partial charge >= 0.3 is 0 Å². The Hall–Kier alpha value is -1.85. The molecular formula is C16H21ClN4O. The minimum atomic E-state index is 0. The van der Waals surface area contributed by atoms with E-state index >= 15 is 0 Å². The van der Waals surface area contributed by atoms with Crippen molar-refractivity contribution in [1.29, 1.82) is 0 Å². The normalized spacial score (nSPS) is 20.7. The van der Waals surface area contributed by atoms with Crippen LogP contribution in [-0.4, -0.2) is 40.2 Å². The summed E-state index contributed by atoms with van der Waals surface area (Å²) in [6.45, 7) is 4.26. The largest absolute Gasteiger partial charge is 0.338 e. The van der Waals surface area contributed by atoms with Gasteiger partial charge in [-0.1, -0.05) is 13.0 Å². The van der Waals surface area contributed by atoms with Crippen molar-refractivity contribution in [3.63, 3.8) is 0 Å². The van der Waals surface area contributed by atoms with Crippen LogP contribution in [0.1, 0.15) is 23.7 Å². The van der Waals surface area contributed by atoms with Gasteiger partial charge in [-0.25, -0.2) is 4.68 Å². The lowest BCUT2D eigenvalue weighted by molar-refractivity contribution is 0.0777. The van der Waals surface area contributed by atoms with Crippen molar-refractivity contribution < 1.29 is 4.79 Å². The van der Waals surface area contributed by atoms with Gasteiger partial charge in [-0.2, -0.15) is 5.10 Å². The number of amides is 1. The quantitative estimate of drug-likeness (QED) is 0.942. The molecule has 1 atom stereocenters. The zero-order valence-corrected chi connectivity index (χ0v) is 13.4. The van der Waals surface area contributed by atoms with E-state index < -0.39 is 0 Å². The molecule has 22 heavy (non-hydrogen) atoms. The van der Waals surface area contributed by atoms with E-state index in [1.54, 1.807) is 10.9 Å². The zero-order chi connectivity index (χ0) is 14.9. The first-order valence-corrected chi connectivity index (χ1v) is 7.21. The first-order valence-electron chi connectivity index (χ1n) is 7.21. The van der Waals surface area contributed by atoms with Gasteiger partial charge in [0.2, 0.25) is 0 Å². The lowest BCUT2D eigenvalue weighted by Crippen LogP contribution is -2.34. The molecule has 1 aliphatic rings. The Kier molecular flexibility index (Phi) is 4.88. The topological polar surface area (TPSA) is 64.2 Å². The van der Waals surface area contributed by atoms with Gasteiger partial charge in [-0.3, -0.25) is 4.79 Å². The number of carbonyl (C=O) groups is 1. The average Bonchev–Trinajstić information content (AvgIpc) is 3.17. The Labute approximate surface area is 136 Å². The SMILES string of the molecule is CC1(CN)CCN(C(=O)c2cccc(-n3cccn3)c2)C1.Cl. The molecule has 1 amide bonds. The fourth-order valence-corrected chi connectivity index (χ4v) is 2.75. The van der Waals surface area contributed by atoms with Crippen molar-refractivity contribution in [2.24, 2.45) is 11.1 Å². The van der Waals surface area contributed by atoms with Crippen molar-refractivity contribution in [3.8, 4) is 5.69 Å². The maximum Gasteiger partial charge on any atom is 0.253 e. The number of rotatable bonds is 3. The highest BCUT2D eigenvalue weighted by Crippen LogP contribution is 2.29. The number of hydrogen-bond acceptors (Lipinski definition) is 3. The lowest BCUT2D eigenvalue weighted by atomic mass is 9.90. The fraction of sp³-hybridized carbons (Fsp3) is 0.375. The number of aromatic nitrogens is 2. The number of benzene rings is 1. The molecule has 0 radical (unpaired) electrons. The summed E-state index contributed by atoms with van der Waals surface area (Å²) in [4.78, 5) is 14.5. The van der Waals surface area contributed by atoms with Gasteiger partial charge in [-0.05, 0) is 42.6 Å². The summed E-state index contributed by atoms with van der Waals surface area (Å²) >= 11 is 0. The molecule has 1 aromatic heterocycles. The van der Waals surface area contributed by atoms with Gasteiger partial charge < -0.3 is 10.6 Å². The summed E-state index contributed by atoms with van der Waals surface area (Å²) in [5, 5.41) is 4.20. The van der Waals surface area contributed by atoms with Crippen LogP contribution in [-0.2, 0) is 0 Å². The molecule has 3 rings (SSSR count). The van der Waals surface area contributed by atoms with Gasteiger partial charge in [0, 0.05) is 31.0 Å². The number of nitrogens with zero attached hydrogens (tertiary/aromatic N) is 3. The number of likely N-dealkylation sites (tertiary alicyclic amines) is 1. The van der Waals surface area contributed by atoms with Gasteiger partial charge in [0.15, 0.2) is 0 Å². The van der Waals surface area contributed by atoms with Crippen LogP contribution < -0.4 is 5.73 Å². The maximum absolute atomic E-state index is 12.6. The first kappa shape index (κ1) is 16.5. The Bertz CT molecular complexity index is 643. The van der Waals surface area contributed by atoms with Crippen LogP contribution in [0.15, 0.2) is 42.7 Å². The second kappa shape index (κ2) is 6.50. The van der Waals surface area contributed by atoms with Crippen LogP contribution in [0.2, 0.25) is 0 Å². The van der Waals surface area contributed by atoms with E-state index in [2.05, 4.69) is 12.0 Å². The highest BCUT2D eigenvalue weighted by atomic mass is 35.5. The molecule has 0 spiro atoms. The van der Waals surface area contributed by atoms with Gasteiger partial charge in [-0.15, -0.1) is 12.4 Å². The van der Waals surface area contributed by atoms with Crippen LogP contribution in [0.3, 0.4) is 0 Å². The van der Waals surface area contributed by atoms with E-state index in [9.17, 15) is 4.79 Å². The van der Waals surface area contributed by atoms with E-state index in [1.165, 1.54) is 0 Å². The summed E-state index contributed by atoms with van der Waals surface area (Å²) in [5.41, 5.74) is 7.45. The highest BCUT2D eigenvalue weighted by molar-refractivity contribution is 5.95. The first-order chi connectivity index (χ1) is 10.1. The van der Waals surface area contributed by atoms with Crippen molar-refractivity contribution in [2.45, 2.75) is 13.3 Å². The molecule has 118 valence electrons. The molecule has 1 unspecified atom stereocenters. The zero-order valence-electron chi connectivity index (χ0n) is 12.6. The second-order valence-electron chi connectivity index (χ2n) is 5.99. The molecule has 6 heteroatoms. The summed E-state index contributed by atoms with van der Waals surface area (Å²) in [5.74, 6) is 0.0705. The molecule has 1 aromatic carbocycles. The van der Waals surface area contributed by atoms with Gasteiger partial charge in [0.25, 0.3) is 5.91 Å². The molecule has 2 N–H and O–H groups in total. The van der Waals surface area contributed by atoms with Crippen LogP contribution in [0.4, 0.5) is 0 Å². The molecule has 2 heterocycles. The minimum Gasteiger partial charge on any atom is -0.338 e. The molecule has 0 aliphatic carbocycles.